The fourth-order valence-electron chi connectivity index (χ4n) is 3.94. The van der Waals surface area contributed by atoms with Crippen LogP contribution >= 0.6 is 0 Å². The van der Waals surface area contributed by atoms with Gasteiger partial charge in [-0.1, -0.05) is 20.3 Å². The first-order valence-corrected chi connectivity index (χ1v) is 8.14. The molecule has 1 unspecified atom stereocenters. The van der Waals surface area contributed by atoms with Crippen molar-refractivity contribution in [2.24, 2.45) is 23.5 Å². The topological polar surface area (TPSA) is 46.3 Å². The molecular weight excluding hydrogens is 236 g/mol. The lowest BCUT2D eigenvalue weighted by atomic mass is 9.89. The number of carbonyl (C=O) groups excluding carboxylic acids is 1. The van der Waals surface area contributed by atoms with Crippen LogP contribution in [0.3, 0.4) is 0 Å². The van der Waals surface area contributed by atoms with Crippen molar-refractivity contribution < 1.29 is 4.79 Å². The van der Waals surface area contributed by atoms with Crippen molar-refractivity contribution in [2.75, 3.05) is 13.1 Å². The van der Waals surface area contributed by atoms with Crippen LogP contribution in [0.2, 0.25) is 0 Å². The normalized spacial score (nSPS) is 32.0. The monoisotopic (exact) mass is 266 g/mol. The molecule has 0 aromatic carbocycles. The number of piperidine rings is 1. The van der Waals surface area contributed by atoms with Crippen LogP contribution in [0.5, 0.6) is 0 Å². The molecule has 3 atom stereocenters. The summed E-state index contributed by atoms with van der Waals surface area (Å²) in [5.74, 6) is 1.75. The van der Waals surface area contributed by atoms with E-state index in [9.17, 15) is 4.79 Å². The van der Waals surface area contributed by atoms with Crippen LogP contribution in [0.15, 0.2) is 0 Å². The molecule has 3 heteroatoms. The molecular formula is C16H30N2O. The molecule has 1 saturated carbocycles. The SMILES string of the molecule is CC(C)CC1CCCCN1C(=O)[C@@H]1CCC[C@@H]1CN. The average Bonchev–Trinajstić information content (AvgIpc) is 2.86. The van der Waals surface area contributed by atoms with E-state index in [1.165, 1.54) is 25.7 Å². The highest BCUT2D eigenvalue weighted by atomic mass is 16.2. The molecule has 0 spiro atoms. The second-order valence-electron chi connectivity index (χ2n) is 6.84. The zero-order valence-corrected chi connectivity index (χ0v) is 12.6. The zero-order valence-electron chi connectivity index (χ0n) is 12.6. The van der Waals surface area contributed by atoms with E-state index in [2.05, 4.69) is 18.7 Å². The summed E-state index contributed by atoms with van der Waals surface area (Å²) in [5, 5.41) is 0. The Balaban J connectivity index is 2.02. The molecule has 3 nitrogen and oxygen atoms in total. The van der Waals surface area contributed by atoms with Gasteiger partial charge in [-0.05, 0) is 56.9 Å². The van der Waals surface area contributed by atoms with Gasteiger partial charge in [0.05, 0.1) is 0 Å². The standard InChI is InChI=1S/C16H30N2O/c1-12(2)10-14-7-3-4-9-18(14)16(19)15-8-5-6-13(15)11-17/h12-15H,3-11,17H2,1-2H3/t13-,14?,15-/m1/s1. The molecule has 0 bridgehead atoms. The van der Waals surface area contributed by atoms with Gasteiger partial charge in [0.25, 0.3) is 0 Å². The molecule has 1 amide bonds. The number of carbonyl (C=O) groups is 1. The Morgan fingerprint density at radius 3 is 2.68 bits per heavy atom. The van der Waals surface area contributed by atoms with Gasteiger partial charge in [0, 0.05) is 18.5 Å². The quantitative estimate of drug-likeness (QED) is 0.850. The van der Waals surface area contributed by atoms with Gasteiger partial charge < -0.3 is 10.6 Å². The van der Waals surface area contributed by atoms with Gasteiger partial charge in [-0.25, -0.2) is 0 Å². The van der Waals surface area contributed by atoms with Crippen LogP contribution in [0.1, 0.15) is 58.8 Å². The number of hydrogen-bond acceptors (Lipinski definition) is 2. The molecule has 1 saturated heterocycles. The number of rotatable bonds is 4. The van der Waals surface area contributed by atoms with Crippen LogP contribution < -0.4 is 5.73 Å². The van der Waals surface area contributed by atoms with Gasteiger partial charge in [0.15, 0.2) is 0 Å². The molecule has 0 aromatic heterocycles. The summed E-state index contributed by atoms with van der Waals surface area (Å²) in [7, 11) is 0. The first-order valence-electron chi connectivity index (χ1n) is 8.14. The molecule has 2 rings (SSSR count). The molecule has 2 aliphatic rings. The maximum Gasteiger partial charge on any atom is 0.226 e. The lowest BCUT2D eigenvalue weighted by molar-refractivity contribution is -0.140. The summed E-state index contributed by atoms with van der Waals surface area (Å²) in [4.78, 5) is 15.0. The third-order valence-electron chi connectivity index (χ3n) is 4.93. The highest BCUT2D eigenvalue weighted by Crippen LogP contribution is 2.34. The molecule has 2 N–H and O–H groups in total. The van der Waals surface area contributed by atoms with E-state index in [1.807, 2.05) is 0 Å². The van der Waals surface area contributed by atoms with Crippen molar-refractivity contribution in [2.45, 2.75) is 64.8 Å². The van der Waals surface area contributed by atoms with E-state index < -0.39 is 0 Å². The van der Waals surface area contributed by atoms with E-state index in [1.54, 1.807) is 0 Å². The molecule has 1 aliphatic heterocycles. The van der Waals surface area contributed by atoms with Crippen LogP contribution in [-0.4, -0.2) is 29.9 Å². The molecule has 1 aliphatic carbocycles. The van der Waals surface area contributed by atoms with Crippen LogP contribution in [0.4, 0.5) is 0 Å². The van der Waals surface area contributed by atoms with Crippen molar-refractivity contribution in [1.82, 2.24) is 4.90 Å². The number of likely N-dealkylation sites (tertiary alicyclic amines) is 1. The Morgan fingerprint density at radius 1 is 1.21 bits per heavy atom. The molecule has 1 heterocycles. The average molecular weight is 266 g/mol. The predicted molar refractivity (Wildman–Crippen MR) is 78.7 cm³/mol. The van der Waals surface area contributed by atoms with Crippen LogP contribution in [0.25, 0.3) is 0 Å². The van der Waals surface area contributed by atoms with Gasteiger partial charge in [0.1, 0.15) is 0 Å². The minimum absolute atomic E-state index is 0.220. The summed E-state index contributed by atoms with van der Waals surface area (Å²) in [6.45, 7) is 6.17. The number of nitrogens with zero attached hydrogens (tertiary/aromatic N) is 1. The molecule has 19 heavy (non-hydrogen) atoms. The third kappa shape index (κ3) is 3.50. The second kappa shape index (κ2) is 6.74. The minimum Gasteiger partial charge on any atom is -0.339 e. The number of amides is 1. The zero-order chi connectivity index (χ0) is 13.8. The molecule has 2 fully saturated rings. The molecule has 0 radical (unpaired) electrons. The minimum atomic E-state index is 0.220. The summed E-state index contributed by atoms with van der Waals surface area (Å²) < 4.78 is 0. The van der Waals surface area contributed by atoms with Crippen molar-refractivity contribution in [3.63, 3.8) is 0 Å². The Morgan fingerprint density at radius 2 is 2.00 bits per heavy atom. The maximum atomic E-state index is 12.8. The maximum absolute atomic E-state index is 12.8. The molecule has 110 valence electrons. The van der Waals surface area contributed by atoms with Gasteiger partial charge in [-0.15, -0.1) is 0 Å². The molecule has 0 aromatic rings. The highest BCUT2D eigenvalue weighted by molar-refractivity contribution is 5.80. The third-order valence-corrected chi connectivity index (χ3v) is 4.93. The Labute approximate surface area is 117 Å². The summed E-state index contributed by atoms with van der Waals surface area (Å²) in [6, 6.07) is 0.486. The Hall–Kier alpha value is -0.570. The fraction of sp³-hybridized carbons (Fsp3) is 0.938. The van der Waals surface area contributed by atoms with Crippen molar-refractivity contribution >= 4 is 5.91 Å². The van der Waals surface area contributed by atoms with Gasteiger partial charge in [-0.2, -0.15) is 0 Å². The fourth-order valence-corrected chi connectivity index (χ4v) is 3.94. The van der Waals surface area contributed by atoms with Gasteiger partial charge in [-0.3, -0.25) is 4.79 Å². The highest BCUT2D eigenvalue weighted by Gasteiger charge is 2.37. The summed E-state index contributed by atoms with van der Waals surface area (Å²) >= 11 is 0. The van der Waals surface area contributed by atoms with E-state index in [0.29, 0.717) is 30.3 Å². The van der Waals surface area contributed by atoms with E-state index in [4.69, 9.17) is 5.73 Å². The van der Waals surface area contributed by atoms with Crippen LogP contribution in [-0.2, 0) is 4.79 Å². The number of nitrogens with two attached hydrogens (primary N) is 1. The largest absolute Gasteiger partial charge is 0.339 e. The van der Waals surface area contributed by atoms with E-state index in [0.717, 1.165) is 25.8 Å². The lowest BCUT2D eigenvalue weighted by Crippen LogP contribution is -2.48. The second-order valence-corrected chi connectivity index (χ2v) is 6.84. The van der Waals surface area contributed by atoms with Crippen molar-refractivity contribution in [3.05, 3.63) is 0 Å². The van der Waals surface area contributed by atoms with E-state index >= 15 is 0 Å². The Bertz CT molecular complexity index is 303. The van der Waals surface area contributed by atoms with Crippen molar-refractivity contribution in [3.8, 4) is 0 Å². The Kier molecular flexibility index (Phi) is 5.26. The first-order chi connectivity index (χ1) is 9.13. The smallest absolute Gasteiger partial charge is 0.226 e. The lowest BCUT2D eigenvalue weighted by Gasteiger charge is -2.39. The van der Waals surface area contributed by atoms with Gasteiger partial charge >= 0.3 is 0 Å². The predicted octanol–water partition coefficient (Wildman–Crippen LogP) is 2.79. The van der Waals surface area contributed by atoms with Crippen molar-refractivity contribution in [1.29, 1.82) is 0 Å². The van der Waals surface area contributed by atoms with Gasteiger partial charge in [0.2, 0.25) is 5.91 Å². The summed E-state index contributed by atoms with van der Waals surface area (Å²) in [6.07, 6.45) is 8.21. The first kappa shape index (κ1) is 14.8. The number of hydrogen-bond donors (Lipinski definition) is 1. The van der Waals surface area contributed by atoms with E-state index in [-0.39, 0.29) is 5.92 Å². The summed E-state index contributed by atoms with van der Waals surface area (Å²) in [5.41, 5.74) is 5.84. The van der Waals surface area contributed by atoms with Crippen LogP contribution in [0, 0.1) is 17.8 Å².